The minimum Gasteiger partial charge on any atom is -0.324 e. The van der Waals surface area contributed by atoms with Gasteiger partial charge in [-0.3, -0.25) is 0 Å². The number of para-hydroxylation sites is 1. The van der Waals surface area contributed by atoms with Crippen molar-refractivity contribution < 1.29 is 0 Å². The Hall–Kier alpha value is -0.380. The van der Waals surface area contributed by atoms with Crippen molar-refractivity contribution in [2.24, 2.45) is 0 Å². The standard InChI is InChI=1S/C14H16Cl2N2S/c1-9(15)14-17-13-11(16)3-2-4-12(13)18(14)10-5-7-19-8-6-10/h2-4,9-10H,5-8H2,1H3. The number of imidazole rings is 1. The number of fused-ring (bicyclic) bond motifs is 1. The molecule has 0 spiro atoms. The Morgan fingerprint density at radius 1 is 1.37 bits per heavy atom. The predicted octanol–water partition coefficient (Wildman–Crippen LogP) is 5.06. The summed E-state index contributed by atoms with van der Waals surface area (Å²) in [6.45, 7) is 1.98. The van der Waals surface area contributed by atoms with Crippen LogP contribution in [0, 0.1) is 0 Å². The Bertz CT molecular complexity index is 588. The van der Waals surface area contributed by atoms with Gasteiger partial charge < -0.3 is 4.57 Å². The molecule has 5 heteroatoms. The average molecular weight is 315 g/mol. The second-order valence-corrected chi connectivity index (χ2v) is 7.19. The lowest BCUT2D eigenvalue weighted by Crippen LogP contribution is -2.17. The zero-order valence-electron chi connectivity index (χ0n) is 10.8. The summed E-state index contributed by atoms with van der Waals surface area (Å²) in [5.74, 6) is 3.36. The molecule has 2 aromatic rings. The van der Waals surface area contributed by atoms with Gasteiger partial charge in [-0.25, -0.2) is 4.98 Å². The fraction of sp³-hybridized carbons (Fsp3) is 0.500. The second kappa shape index (κ2) is 5.55. The van der Waals surface area contributed by atoms with Crippen LogP contribution < -0.4 is 0 Å². The summed E-state index contributed by atoms with van der Waals surface area (Å²) in [7, 11) is 0. The average Bonchev–Trinajstić information content (AvgIpc) is 2.81. The van der Waals surface area contributed by atoms with Crippen molar-refractivity contribution in [2.75, 3.05) is 11.5 Å². The van der Waals surface area contributed by atoms with Crippen molar-refractivity contribution in [3.63, 3.8) is 0 Å². The molecule has 3 rings (SSSR count). The number of alkyl halides is 1. The first-order valence-corrected chi connectivity index (χ1v) is 8.53. The van der Waals surface area contributed by atoms with Crippen LogP contribution in [0.2, 0.25) is 5.02 Å². The van der Waals surface area contributed by atoms with E-state index in [9.17, 15) is 0 Å². The molecule has 1 saturated heterocycles. The maximum atomic E-state index is 6.32. The number of aromatic nitrogens is 2. The molecule has 1 aliphatic heterocycles. The number of hydrogen-bond donors (Lipinski definition) is 0. The molecule has 0 saturated carbocycles. The number of rotatable bonds is 2. The maximum absolute atomic E-state index is 6.32. The Kier molecular flexibility index (Phi) is 3.97. The monoisotopic (exact) mass is 314 g/mol. The third-order valence-corrected chi connectivity index (χ3v) is 5.16. The maximum Gasteiger partial charge on any atom is 0.128 e. The molecule has 1 aromatic heterocycles. The fourth-order valence-corrected chi connectivity index (χ4v) is 4.16. The van der Waals surface area contributed by atoms with Crippen molar-refractivity contribution >= 4 is 46.0 Å². The summed E-state index contributed by atoms with van der Waals surface area (Å²) in [6.07, 6.45) is 2.36. The topological polar surface area (TPSA) is 17.8 Å². The molecule has 2 nitrogen and oxygen atoms in total. The van der Waals surface area contributed by atoms with E-state index in [-0.39, 0.29) is 5.38 Å². The van der Waals surface area contributed by atoms with Crippen molar-refractivity contribution in [1.82, 2.24) is 9.55 Å². The van der Waals surface area contributed by atoms with Gasteiger partial charge in [-0.05, 0) is 43.4 Å². The van der Waals surface area contributed by atoms with E-state index in [0.29, 0.717) is 11.1 Å². The van der Waals surface area contributed by atoms with Gasteiger partial charge >= 0.3 is 0 Å². The molecular weight excluding hydrogens is 299 g/mol. The molecule has 0 amide bonds. The van der Waals surface area contributed by atoms with Crippen LogP contribution in [0.4, 0.5) is 0 Å². The summed E-state index contributed by atoms with van der Waals surface area (Å²) in [6, 6.07) is 6.48. The van der Waals surface area contributed by atoms with Crippen LogP contribution in [0.5, 0.6) is 0 Å². The first kappa shape index (κ1) is 13.6. The van der Waals surface area contributed by atoms with Gasteiger partial charge in [-0.1, -0.05) is 17.7 Å². The van der Waals surface area contributed by atoms with Crippen LogP contribution in [0.1, 0.15) is 37.0 Å². The normalized spacial score (nSPS) is 18.9. The first-order valence-electron chi connectivity index (χ1n) is 6.56. The van der Waals surface area contributed by atoms with E-state index in [0.717, 1.165) is 16.9 Å². The molecule has 2 heterocycles. The van der Waals surface area contributed by atoms with E-state index in [4.69, 9.17) is 23.2 Å². The van der Waals surface area contributed by atoms with Gasteiger partial charge in [-0.2, -0.15) is 11.8 Å². The lowest BCUT2D eigenvalue weighted by atomic mass is 10.1. The molecule has 1 atom stereocenters. The molecule has 1 fully saturated rings. The fourth-order valence-electron chi connectivity index (χ4n) is 2.71. The highest BCUT2D eigenvalue weighted by Crippen LogP contribution is 2.36. The molecule has 0 aliphatic carbocycles. The van der Waals surface area contributed by atoms with Crippen LogP contribution in [0.25, 0.3) is 11.0 Å². The molecule has 1 aliphatic rings. The SMILES string of the molecule is CC(Cl)c1nc2c(Cl)cccc2n1C1CCSCC1. The van der Waals surface area contributed by atoms with Gasteiger partial charge in [0.05, 0.1) is 15.9 Å². The number of hydrogen-bond acceptors (Lipinski definition) is 2. The molecular formula is C14H16Cl2N2S. The summed E-state index contributed by atoms with van der Waals surface area (Å²) in [5.41, 5.74) is 2.00. The van der Waals surface area contributed by atoms with E-state index < -0.39 is 0 Å². The van der Waals surface area contributed by atoms with Crippen molar-refractivity contribution in [2.45, 2.75) is 31.2 Å². The first-order chi connectivity index (χ1) is 9.18. The van der Waals surface area contributed by atoms with Gasteiger partial charge in [0.2, 0.25) is 0 Å². The van der Waals surface area contributed by atoms with Crippen LogP contribution in [-0.2, 0) is 0 Å². The van der Waals surface area contributed by atoms with Gasteiger partial charge in [-0.15, -0.1) is 11.6 Å². The van der Waals surface area contributed by atoms with Crippen molar-refractivity contribution in [3.05, 3.63) is 29.0 Å². The molecule has 0 radical (unpaired) electrons. The van der Waals surface area contributed by atoms with E-state index in [1.54, 1.807) is 0 Å². The molecule has 1 aromatic carbocycles. The Labute approximate surface area is 127 Å². The third-order valence-electron chi connectivity index (χ3n) is 3.61. The van der Waals surface area contributed by atoms with Crippen molar-refractivity contribution in [1.29, 1.82) is 0 Å². The smallest absolute Gasteiger partial charge is 0.128 e. The van der Waals surface area contributed by atoms with Crippen molar-refractivity contribution in [3.8, 4) is 0 Å². The Morgan fingerprint density at radius 2 is 2.11 bits per heavy atom. The van der Waals surface area contributed by atoms with E-state index in [1.807, 2.05) is 30.8 Å². The number of thioether (sulfide) groups is 1. The zero-order valence-corrected chi connectivity index (χ0v) is 13.1. The molecule has 102 valence electrons. The summed E-state index contributed by atoms with van der Waals surface area (Å²) in [5, 5.41) is 0.609. The van der Waals surface area contributed by atoms with Gasteiger partial charge in [0.25, 0.3) is 0 Å². The van der Waals surface area contributed by atoms with Crippen LogP contribution in [-0.4, -0.2) is 21.1 Å². The highest BCUT2D eigenvalue weighted by molar-refractivity contribution is 7.99. The summed E-state index contributed by atoms with van der Waals surface area (Å²) < 4.78 is 2.32. The number of benzene rings is 1. The molecule has 0 bridgehead atoms. The number of nitrogens with zero attached hydrogens (tertiary/aromatic N) is 2. The van der Waals surface area contributed by atoms with E-state index in [1.165, 1.54) is 24.3 Å². The largest absolute Gasteiger partial charge is 0.324 e. The Balaban J connectivity index is 2.18. The quantitative estimate of drug-likeness (QED) is 0.721. The lowest BCUT2D eigenvalue weighted by molar-refractivity contribution is 0.464. The third kappa shape index (κ3) is 2.48. The predicted molar refractivity (Wildman–Crippen MR) is 84.6 cm³/mol. The lowest BCUT2D eigenvalue weighted by Gasteiger charge is -2.25. The van der Waals surface area contributed by atoms with Crippen LogP contribution in [0.3, 0.4) is 0 Å². The minimum atomic E-state index is -0.0990. The molecule has 0 N–H and O–H groups in total. The minimum absolute atomic E-state index is 0.0990. The van der Waals surface area contributed by atoms with Crippen LogP contribution in [0.15, 0.2) is 18.2 Å². The molecule has 1 unspecified atom stereocenters. The Morgan fingerprint density at radius 3 is 2.79 bits per heavy atom. The summed E-state index contributed by atoms with van der Waals surface area (Å²) in [4.78, 5) is 4.68. The van der Waals surface area contributed by atoms with E-state index >= 15 is 0 Å². The zero-order chi connectivity index (χ0) is 13.4. The highest BCUT2D eigenvalue weighted by Gasteiger charge is 2.24. The van der Waals surface area contributed by atoms with Gasteiger partial charge in [0, 0.05) is 6.04 Å². The van der Waals surface area contributed by atoms with Gasteiger partial charge in [0.15, 0.2) is 0 Å². The number of halogens is 2. The van der Waals surface area contributed by atoms with E-state index in [2.05, 4.69) is 15.6 Å². The second-order valence-electron chi connectivity index (χ2n) is 4.91. The van der Waals surface area contributed by atoms with Gasteiger partial charge in [0.1, 0.15) is 11.3 Å². The highest BCUT2D eigenvalue weighted by atomic mass is 35.5. The molecule has 19 heavy (non-hydrogen) atoms. The summed E-state index contributed by atoms with van der Waals surface area (Å²) >= 11 is 14.6. The van der Waals surface area contributed by atoms with Crippen LogP contribution >= 0.6 is 35.0 Å².